The molecule has 2 rings (SSSR count). The van der Waals surface area contributed by atoms with Gasteiger partial charge in [0.15, 0.2) is 0 Å². The first-order chi connectivity index (χ1) is 8.19. The van der Waals surface area contributed by atoms with E-state index in [4.69, 9.17) is 10.8 Å². The second-order valence-electron chi connectivity index (χ2n) is 5.43. The first-order valence-corrected chi connectivity index (χ1v) is 6.74. The molecule has 2 aliphatic heterocycles. The Kier molecular flexibility index (Phi) is 4.23. The number of guanidine groups is 1. The molecule has 0 bridgehead atoms. The van der Waals surface area contributed by atoms with E-state index in [9.17, 15) is 0 Å². The molecule has 0 aromatic carbocycles. The quantitative estimate of drug-likeness (QED) is 0.283. The van der Waals surface area contributed by atoms with E-state index in [-0.39, 0.29) is 0 Å². The van der Waals surface area contributed by atoms with Gasteiger partial charge in [0.1, 0.15) is 0 Å². The van der Waals surface area contributed by atoms with Crippen molar-refractivity contribution in [3.05, 3.63) is 0 Å². The first-order valence-electron chi connectivity index (χ1n) is 6.74. The molecule has 17 heavy (non-hydrogen) atoms. The fraction of sp³-hybridized carbons (Fsp3) is 0.917. The predicted molar refractivity (Wildman–Crippen MR) is 70.6 cm³/mol. The van der Waals surface area contributed by atoms with Crippen molar-refractivity contribution in [1.82, 2.24) is 15.6 Å². The van der Waals surface area contributed by atoms with E-state index >= 15 is 0 Å². The van der Waals surface area contributed by atoms with Gasteiger partial charge in [-0.25, -0.2) is 10.8 Å². The molecule has 0 aliphatic carbocycles. The standard InChI is InChI=1S/C12H25N5/c1-9(2)14-12(16-13)15-10-5-7-17-6-3-4-11(17)8-10/h9-11H,3-8,13H2,1-2H3,(H2,14,15,16). The zero-order valence-electron chi connectivity index (χ0n) is 10.9. The van der Waals surface area contributed by atoms with Gasteiger partial charge in [-0.1, -0.05) is 0 Å². The fourth-order valence-electron chi connectivity index (χ4n) is 2.89. The highest BCUT2D eigenvalue weighted by Crippen LogP contribution is 2.28. The van der Waals surface area contributed by atoms with Crippen molar-refractivity contribution in [3.8, 4) is 0 Å². The Morgan fingerprint density at radius 1 is 1.35 bits per heavy atom. The molecular weight excluding hydrogens is 214 g/mol. The van der Waals surface area contributed by atoms with Gasteiger partial charge in [0.2, 0.25) is 5.96 Å². The fourth-order valence-corrected chi connectivity index (χ4v) is 2.89. The minimum Gasteiger partial charge on any atom is -0.353 e. The molecule has 0 saturated carbocycles. The number of nitrogens with zero attached hydrogens (tertiary/aromatic N) is 2. The van der Waals surface area contributed by atoms with Crippen molar-refractivity contribution in [3.63, 3.8) is 0 Å². The maximum Gasteiger partial charge on any atom is 0.206 e. The van der Waals surface area contributed by atoms with Crippen LogP contribution in [0.4, 0.5) is 0 Å². The number of rotatable bonds is 2. The Morgan fingerprint density at radius 2 is 2.18 bits per heavy atom. The van der Waals surface area contributed by atoms with Crippen molar-refractivity contribution in [2.45, 2.75) is 57.7 Å². The molecule has 2 unspecified atom stereocenters. The van der Waals surface area contributed by atoms with Crippen LogP contribution in [0.1, 0.15) is 39.5 Å². The van der Waals surface area contributed by atoms with Crippen LogP contribution in [0, 0.1) is 0 Å². The van der Waals surface area contributed by atoms with Crippen molar-refractivity contribution < 1.29 is 0 Å². The smallest absolute Gasteiger partial charge is 0.206 e. The zero-order valence-corrected chi connectivity index (χ0v) is 10.9. The lowest BCUT2D eigenvalue weighted by atomic mass is 9.98. The topological polar surface area (TPSA) is 65.7 Å². The van der Waals surface area contributed by atoms with Gasteiger partial charge in [0.25, 0.3) is 0 Å². The SMILES string of the molecule is CC(C)NC(=NC1CCN2CCCC2C1)NN. The number of hydrogen-bond acceptors (Lipinski definition) is 3. The number of nitrogens with one attached hydrogen (secondary N) is 2. The van der Waals surface area contributed by atoms with Gasteiger partial charge in [-0.3, -0.25) is 5.43 Å². The van der Waals surface area contributed by atoms with Gasteiger partial charge in [-0.15, -0.1) is 0 Å². The number of hydrazine groups is 1. The van der Waals surface area contributed by atoms with E-state index in [1.165, 1.54) is 32.4 Å². The number of fused-ring (bicyclic) bond motifs is 1. The first kappa shape index (κ1) is 12.6. The van der Waals surface area contributed by atoms with Crippen LogP contribution >= 0.6 is 0 Å². The summed E-state index contributed by atoms with van der Waals surface area (Å²) in [6.07, 6.45) is 5.04. The number of hydrogen-bond donors (Lipinski definition) is 3. The van der Waals surface area contributed by atoms with Crippen LogP contribution in [0.3, 0.4) is 0 Å². The summed E-state index contributed by atoms with van der Waals surface area (Å²) < 4.78 is 0. The highest BCUT2D eigenvalue weighted by atomic mass is 15.3. The van der Waals surface area contributed by atoms with E-state index in [1.54, 1.807) is 0 Å². The maximum absolute atomic E-state index is 5.49. The number of piperidine rings is 1. The Balaban J connectivity index is 1.91. The summed E-state index contributed by atoms with van der Waals surface area (Å²) >= 11 is 0. The van der Waals surface area contributed by atoms with E-state index < -0.39 is 0 Å². The van der Waals surface area contributed by atoms with Crippen LogP contribution in [-0.2, 0) is 0 Å². The average molecular weight is 239 g/mol. The summed E-state index contributed by atoms with van der Waals surface area (Å²) in [7, 11) is 0. The minimum atomic E-state index is 0.358. The molecule has 0 spiro atoms. The average Bonchev–Trinajstić information content (AvgIpc) is 2.74. The molecule has 0 aromatic heterocycles. The molecule has 2 heterocycles. The molecule has 2 saturated heterocycles. The van der Waals surface area contributed by atoms with Crippen LogP contribution in [-0.4, -0.2) is 42.1 Å². The predicted octanol–water partition coefficient (Wildman–Crippen LogP) is 0.431. The molecule has 0 aromatic rings. The van der Waals surface area contributed by atoms with Gasteiger partial charge in [0.05, 0.1) is 6.04 Å². The Morgan fingerprint density at radius 3 is 2.88 bits per heavy atom. The summed E-state index contributed by atoms with van der Waals surface area (Å²) in [6, 6.07) is 1.54. The van der Waals surface area contributed by atoms with Gasteiger partial charge in [0, 0.05) is 18.6 Å². The largest absolute Gasteiger partial charge is 0.353 e. The lowest BCUT2D eigenvalue weighted by molar-refractivity contribution is 0.182. The molecule has 4 N–H and O–H groups in total. The molecule has 0 amide bonds. The molecule has 5 heteroatoms. The van der Waals surface area contributed by atoms with Crippen molar-refractivity contribution >= 4 is 5.96 Å². The van der Waals surface area contributed by atoms with Crippen LogP contribution in [0.25, 0.3) is 0 Å². The Bertz CT molecular complexity index is 276. The molecule has 5 nitrogen and oxygen atoms in total. The van der Waals surface area contributed by atoms with Crippen LogP contribution in [0.15, 0.2) is 4.99 Å². The highest BCUT2D eigenvalue weighted by Gasteiger charge is 2.31. The zero-order chi connectivity index (χ0) is 12.3. The van der Waals surface area contributed by atoms with Crippen LogP contribution in [0.5, 0.6) is 0 Å². The van der Waals surface area contributed by atoms with E-state index in [1.807, 2.05) is 0 Å². The van der Waals surface area contributed by atoms with Crippen molar-refractivity contribution in [1.29, 1.82) is 0 Å². The lowest BCUT2D eigenvalue weighted by Gasteiger charge is -2.33. The third-order valence-corrected chi connectivity index (χ3v) is 3.67. The third kappa shape index (κ3) is 3.33. The molecular formula is C12H25N5. The van der Waals surface area contributed by atoms with Gasteiger partial charge in [-0.2, -0.15) is 0 Å². The second kappa shape index (κ2) is 5.69. The number of aliphatic imine (C=N–C) groups is 1. The minimum absolute atomic E-state index is 0.358. The van der Waals surface area contributed by atoms with E-state index in [0.717, 1.165) is 18.4 Å². The molecule has 2 fully saturated rings. The normalized spacial score (nSPS) is 30.5. The summed E-state index contributed by atoms with van der Waals surface area (Å²) in [5, 5.41) is 3.24. The summed E-state index contributed by atoms with van der Waals surface area (Å²) in [5.74, 6) is 6.22. The van der Waals surface area contributed by atoms with Gasteiger partial charge in [-0.05, 0) is 46.1 Å². The molecule has 98 valence electrons. The molecule has 2 atom stereocenters. The monoisotopic (exact) mass is 239 g/mol. The molecule has 0 radical (unpaired) electrons. The second-order valence-corrected chi connectivity index (χ2v) is 5.43. The maximum atomic E-state index is 5.49. The van der Waals surface area contributed by atoms with Crippen molar-refractivity contribution in [2.24, 2.45) is 10.8 Å². The Labute approximate surface area is 104 Å². The van der Waals surface area contributed by atoms with Crippen LogP contribution < -0.4 is 16.6 Å². The Hall–Kier alpha value is -0.810. The van der Waals surface area contributed by atoms with Gasteiger partial charge >= 0.3 is 0 Å². The highest BCUT2D eigenvalue weighted by molar-refractivity contribution is 5.79. The lowest BCUT2D eigenvalue weighted by Crippen LogP contribution is -2.46. The van der Waals surface area contributed by atoms with Crippen molar-refractivity contribution in [2.75, 3.05) is 13.1 Å². The summed E-state index contributed by atoms with van der Waals surface area (Å²) in [6.45, 7) is 6.66. The van der Waals surface area contributed by atoms with Gasteiger partial charge < -0.3 is 10.2 Å². The summed E-state index contributed by atoms with van der Waals surface area (Å²) in [5.41, 5.74) is 2.67. The third-order valence-electron chi connectivity index (χ3n) is 3.67. The summed E-state index contributed by atoms with van der Waals surface area (Å²) in [4.78, 5) is 7.31. The van der Waals surface area contributed by atoms with E-state index in [0.29, 0.717) is 12.1 Å². The number of nitrogens with two attached hydrogens (primary N) is 1. The van der Waals surface area contributed by atoms with Crippen LogP contribution in [0.2, 0.25) is 0 Å². The van der Waals surface area contributed by atoms with E-state index in [2.05, 4.69) is 29.5 Å². The molecule has 2 aliphatic rings.